The first kappa shape index (κ1) is 14.3. The third-order valence-electron chi connectivity index (χ3n) is 3.70. The summed E-state index contributed by atoms with van der Waals surface area (Å²) in [4.78, 5) is 2.07. The predicted octanol–water partition coefficient (Wildman–Crippen LogP) is 1.11. The van der Waals surface area contributed by atoms with Gasteiger partial charge in [-0.05, 0) is 43.5 Å². The van der Waals surface area contributed by atoms with Gasteiger partial charge in [-0.15, -0.1) is 0 Å². The maximum absolute atomic E-state index is 9.44. The lowest BCUT2D eigenvalue weighted by Crippen LogP contribution is -2.24. The van der Waals surface area contributed by atoms with Gasteiger partial charge in [-0.25, -0.2) is 0 Å². The van der Waals surface area contributed by atoms with Crippen LogP contribution in [0.2, 0.25) is 0 Å². The monoisotopic (exact) mass is 265 g/mol. The molecule has 0 spiro atoms. The van der Waals surface area contributed by atoms with E-state index < -0.39 is 12.2 Å². The highest BCUT2D eigenvalue weighted by Gasteiger charge is 2.28. The van der Waals surface area contributed by atoms with E-state index in [2.05, 4.69) is 30.9 Å². The van der Waals surface area contributed by atoms with Gasteiger partial charge in [0.1, 0.15) is 5.75 Å². The van der Waals surface area contributed by atoms with Crippen molar-refractivity contribution in [2.24, 2.45) is 0 Å². The molecule has 0 bridgehead atoms. The maximum Gasteiger partial charge on any atom is 0.119 e. The fraction of sp³-hybridized carbons (Fsp3) is 0.600. The zero-order valence-corrected chi connectivity index (χ0v) is 11.7. The van der Waals surface area contributed by atoms with E-state index in [1.165, 1.54) is 11.1 Å². The average molecular weight is 265 g/mol. The fourth-order valence-electron chi connectivity index (χ4n) is 2.31. The van der Waals surface area contributed by atoms with E-state index in [4.69, 9.17) is 4.74 Å². The highest BCUT2D eigenvalue weighted by atomic mass is 16.5. The highest BCUT2D eigenvalue weighted by Crippen LogP contribution is 2.16. The summed E-state index contributed by atoms with van der Waals surface area (Å²) in [6.07, 6.45) is -0.298. The van der Waals surface area contributed by atoms with Crippen LogP contribution in [0.5, 0.6) is 5.75 Å². The van der Waals surface area contributed by atoms with Crippen LogP contribution in [0.4, 0.5) is 0 Å². The molecule has 0 amide bonds. The number of aryl methyl sites for hydroxylation is 2. The van der Waals surface area contributed by atoms with E-state index in [9.17, 15) is 10.2 Å². The number of rotatable bonds is 5. The molecule has 19 heavy (non-hydrogen) atoms. The van der Waals surface area contributed by atoms with E-state index >= 15 is 0 Å². The number of β-amino-alcohol motifs (C(OH)–C–C–N with tert-alkyl or cyclic N) is 2. The predicted molar refractivity (Wildman–Crippen MR) is 74.5 cm³/mol. The first-order valence-electron chi connectivity index (χ1n) is 6.85. The van der Waals surface area contributed by atoms with Crippen molar-refractivity contribution in [3.63, 3.8) is 0 Å². The molecular weight excluding hydrogens is 242 g/mol. The van der Waals surface area contributed by atoms with Crippen LogP contribution in [-0.4, -0.2) is 53.6 Å². The van der Waals surface area contributed by atoms with Gasteiger partial charge in [-0.1, -0.05) is 6.07 Å². The third-order valence-corrected chi connectivity index (χ3v) is 3.70. The molecule has 1 aliphatic rings. The number of nitrogens with zero attached hydrogens (tertiary/aromatic N) is 1. The molecule has 1 aromatic carbocycles. The first-order valence-corrected chi connectivity index (χ1v) is 6.85. The number of aliphatic hydroxyl groups excluding tert-OH is 2. The van der Waals surface area contributed by atoms with Gasteiger partial charge in [0, 0.05) is 19.6 Å². The van der Waals surface area contributed by atoms with Crippen LogP contribution in [0.1, 0.15) is 17.5 Å². The lowest BCUT2D eigenvalue weighted by molar-refractivity contribution is 0.0572. The molecule has 0 aliphatic carbocycles. The summed E-state index contributed by atoms with van der Waals surface area (Å²) < 4.78 is 5.70. The summed E-state index contributed by atoms with van der Waals surface area (Å²) >= 11 is 0. The Morgan fingerprint density at radius 3 is 2.47 bits per heavy atom. The molecule has 0 unspecified atom stereocenters. The molecule has 1 saturated heterocycles. The lowest BCUT2D eigenvalue weighted by Gasteiger charge is -2.15. The molecule has 106 valence electrons. The van der Waals surface area contributed by atoms with Gasteiger partial charge in [0.25, 0.3) is 0 Å². The van der Waals surface area contributed by atoms with Crippen LogP contribution in [0.15, 0.2) is 18.2 Å². The smallest absolute Gasteiger partial charge is 0.119 e. The number of benzene rings is 1. The van der Waals surface area contributed by atoms with Gasteiger partial charge in [-0.3, -0.25) is 4.90 Å². The van der Waals surface area contributed by atoms with E-state index in [1.54, 1.807) is 0 Å². The summed E-state index contributed by atoms with van der Waals surface area (Å²) in [5.41, 5.74) is 2.51. The summed E-state index contributed by atoms with van der Waals surface area (Å²) in [7, 11) is 0. The van der Waals surface area contributed by atoms with Crippen LogP contribution in [0.3, 0.4) is 0 Å². The number of likely N-dealkylation sites (tertiary alicyclic amines) is 1. The molecule has 1 heterocycles. The fourth-order valence-corrected chi connectivity index (χ4v) is 2.31. The Kier molecular flexibility index (Phi) is 4.80. The lowest BCUT2D eigenvalue weighted by atomic mass is 10.1. The second kappa shape index (κ2) is 6.37. The quantitative estimate of drug-likeness (QED) is 0.783. The van der Waals surface area contributed by atoms with E-state index in [0.717, 1.165) is 18.7 Å². The minimum absolute atomic E-state index is 0.560. The SMILES string of the molecule is Cc1ccc(OCCCN2C[C@@H](O)[C@@H](O)C2)cc1C. The summed E-state index contributed by atoms with van der Waals surface area (Å²) in [5, 5.41) is 18.9. The van der Waals surface area contributed by atoms with Crippen molar-refractivity contribution in [2.75, 3.05) is 26.2 Å². The highest BCUT2D eigenvalue weighted by molar-refractivity contribution is 5.33. The number of hydrogen-bond donors (Lipinski definition) is 2. The van der Waals surface area contributed by atoms with Crippen LogP contribution in [0, 0.1) is 13.8 Å². The van der Waals surface area contributed by atoms with Crippen LogP contribution < -0.4 is 4.74 Å². The Hall–Kier alpha value is -1.10. The second-order valence-corrected chi connectivity index (χ2v) is 5.34. The van der Waals surface area contributed by atoms with E-state index in [-0.39, 0.29) is 0 Å². The summed E-state index contributed by atoms with van der Waals surface area (Å²) in [6, 6.07) is 6.11. The van der Waals surface area contributed by atoms with Crippen molar-refractivity contribution in [2.45, 2.75) is 32.5 Å². The Labute approximate surface area is 114 Å². The molecule has 4 nitrogen and oxygen atoms in total. The van der Waals surface area contributed by atoms with Gasteiger partial charge < -0.3 is 14.9 Å². The van der Waals surface area contributed by atoms with Gasteiger partial charge in [0.2, 0.25) is 0 Å². The number of ether oxygens (including phenoxy) is 1. The minimum Gasteiger partial charge on any atom is -0.494 e. The summed E-state index contributed by atoms with van der Waals surface area (Å²) in [5.74, 6) is 0.907. The van der Waals surface area contributed by atoms with Gasteiger partial charge >= 0.3 is 0 Å². The van der Waals surface area contributed by atoms with Crippen LogP contribution in [-0.2, 0) is 0 Å². The molecule has 2 rings (SSSR count). The normalized spacial score (nSPS) is 23.8. The van der Waals surface area contributed by atoms with E-state index in [0.29, 0.717) is 19.7 Å². The van der Waals surface area contributed by atoms with Crippen molar-refractivity contribution in [1.29, 1.82) is 0 Å². The molecule has 1 aliphatic heterocycles. The second-order valence-electron chi connectivity index (χ2n) is 5.34. The molecule has 0 aromatic heterocycles. The number of aliphatic hydroxyl groups is 2. The van der Waals surface area contributed by atoms with Crippen LogP contribution in [0.25, 0.3) is 0 Å². The Bertz CT molecular complexity index is 412. The minimum atomic E-state index is -0.597. The molecule has 4 heteroatoms. The van der Waals surface area contributed by atoms with Crippen molar-refractivity contribution in [1.82, 2.24) is 4.90 Å². The van der Waals surface area contributed by atoms with Crippen molar-refractivity contribution in [3.8, 4) is 5.75 Å². The molecule has 1 fully saturated rings. The van der Waals surface area contributed by atoms with Crippen molar-refractivity contribution in [3.05, 3.63) is 29.3 Å². The average Bonchev–Trinajstić information content (AvgIpc) is 2.69. The molecular formula is C15H23NO3. The Morgan fingerprint density at radius 1 is 1.16 bits per heavy atom. The van der Waals surface area contributed by atoms with E-state index in [1.807, 2.05) is 6.07 Å². The molecule has 2 N–H and O–H groups in total. The molecule has 1 aromatic rings. The van der Waals surface area contributed by atoms with Gasteiger partial charge in [0.15, 0.2) is 0 Å². The summed E-state index contributed by atoms with van der Waals surface area (Å²) in [6.45, 7) is 6.79. The Morgan fingerprint density at radius 2 is 1.84 bits per heavy atom. The Balaban J connectivity index is 1.68. The van der Waals surface area contributed by atoms with Crippen molar-refractivity contribution < 1.29 is 14.9 Å². The number of hydrogen-bond acceptors (Lipinski definition) is 4. The van der Waals surface area contributed by atoms with Gasteiger partial charge in [-0.2, -0.15) is 0 Å². The molecule has 0 radical (unpaired) electrons. The van der Waals surface area contributed by atoms with Crippen molar-refractivity contribution >= 4 is 0 Å². The maximum atomic E-state index is 9.44. The molecule has 2 atom stereocenters. The zero-order chi connectivity index (χ0) is 13.8. The topological polar surface area (TPSA) is 52.9 Å². The third kappa shape index (κ3) is 3.93. The largest absolute Gasteiger partial charge is 0.494 e. The van der Waals surface area contributed by atoms with Gasteiger partial charge in [0.05, 0.1) is 18.8 Å². The zero-order valence-electron chi connectivity index (χ0n) is 11.7. The van der Waals surface area contributed by atoms with Crippen LogP contribution >= 0.6 is 0 Å². The standard InChI is InChI=1S/C15H23NO3/c1-11-4-5-13(8-12(11)2)19-7-3-6-16-9-14(17)15(18)10-16/h4-5,8,14-15,17-18H,3,6-7,9-10H2,1-2H3/t14-,15+. The first-order chi connectivity index (χ1) is 9.06. The molecule has 0 saturated carbocycles.